The van der Waals surface area contributed by atoms with Crippen LogP contribution in [0.15, 0.2) is 66.0 Å². The van der Waals surface area contributed by atoms with Crippen molar-refractivity contribution < 1.29 is 4.79 Å². The molecule has 2 aromatic rings. The molecular formula is C17H15N5O. The normalized spacial score (nSPS) is 17.8. The number of urea groups is 1. The molecule has 1 atom stereocenters. The molecule has 0 spiro atoms. The average molecular weight is 305 g/mol. The molecule has 1 unspecified atom stereocenters. The first-order valence-corrected chi connectivity index (χ1v) is 7.40. The zero-order valence-electron chi connectivity index (χ0n) is 12.3. The second-order valence-corrected chi connectivity index (χ2v) is 5.31. The number of benzene rings is 1. The molecule has 0 bridgehead atoms. The van der Waals surface area contributed by atoms with Crippen LogP contribution in [0, 0.1) is 0 Å². The van der Waals surface area contributed by atoms with E-state index in [0.717, 1.165) is 16.8 Å². The van der Waals surface area contributed by atoms with Gasteiger partial charge in [-0.3, -0.25) is 4.98 Å². The third-order valence-corrected chi connectivity index (χ3v) is 3.86. The number of aromatic nitrogens is 1. The molecule has 1 aromatic carbocycles. The summed E-state index contributed by atoms with van der Waals surface area (Å²) in [5, 5.41) is 10.5. The maximum absolute atomic E-state index is 12.7. The van der Waals surface area contributed by atoms with Gasteiger partial charge in [-0.2, -0.15) is 15.2 Å². The van der Waals surface area contributed by atoms with Crippen molar-refractivity contribution in [3.05, 3.63) is 72.1 Å². The van der Waals surface area contributed by atoms with E-state index >= 15 is 0 Å². The number of hydrazine groups is 1. The molecule has 2 aliphatic heterocycles. The second kappa shape index (κ2) is 5.57. The zero-order chi connectivity index (χ0) is 15.6. The highest BCUT2D eigenvalue weighted by Crippen LogP contribution is 2.41. The standard InChI is InChI=1S/C17H15N5O/c23-17(19-12-13-5-3-9-18-11-13)21-15-7-2-1-6-14(15)16-8-4-10-20-22(16)21/h1-11,16H,12H2,(H,19,23). The monoisotopic (exact) mass is 305 g/mol. The molecule has 3 heterocycles. The first kappa shape index (κ1) is 13.5. The number of nitrogens with zero attached hydrogens (tertiary/aromatic N) is 4. The lowest BCUT2D eigenvalue weighted by Gasteiger charge is -2.29. The Bertz CT molecular complexity index is 787. The highest BCUT2D eigenvalue weighted by molar-refractivity contribution is 5.94. The second-order valence-electron chi connectivity index (χ2n) is 5.31. The van der Waals surface area contributed by atoms with Crippen molar-refractivity contribution >= 4 is 17.9 Å². The summed E-state index contributed by atoms with van der Waals surface area (Å²) in [6.45, 7) is 0.420. The Balaban J connectivity index is 1.59. The minimum atomic E-state index is -0.212. The van der Waals surface area contributed by atoms with Gasteiger partial charge in [-0.05, 0) is 23.8 Å². The van der Waals surface area contributed by atoms with E-state index in [1.807, 2.05) is 48.6 Å². The summed E-state index contributed by atoms with van der Waals surface area (Å²) in [5.74, 6) is 0. The smallest absolute Gasteiger partial charge is 0.332 e. The van der Waals surface area contributed by atoms with Crippen molar-refractivity contribution in [3.8, 4) is 0 Å². The van der Waals surface area contributed by atoms with E-state index < -0.39 is 0 Å². The largest absolute Gasteiger partial charge is 0.342 e. The third-order valence-electron chi connectivity index (χ3n) is 3.86. The van der Waals surface area contributed by atoms with Crippen molar-refractivity contribution in [1.29, 1.82) is 0 Å². The minimum Gasteiger partial charge on any atom is -0.332 e. The van der Waals surface area contributed by atoms with Crippen LogP contribution in [0.25, 0.3) is 0 Å². The number of pyridine rings is 1. The van der Waals surface area contributed by atoms with E-state index in [2.05, 4.69) is 15.4 Å². The maximum Gasteiger partial charge on any atom is 0.342 e. The summed E-state index contributed by atoms with van der Waals surface area (Å²) in [6.07, 6.45) is 9.06. The summed E-state index contributed by atoms with van der Waals surface area (Å²) in [5.41, 5.74) is 2.87. The number of nitrogens with one attached hydrogen (secondary N) is 1. The SMILES string of the molecule is O=C(NCc1cccnc1)N1c2ccccc2C2C=CC=NN21. The third kappa shape index (κ3) is 2.34. The van der Waals surface area contributed by atoms with Gasteiger partial charge >= 0.3 is 6.03 Å². The van der Waals surface area contributed by atoms with Crippen LogP contribution in [-0.2, 0) is 6.54 Å². The number of anilines is 1. The molecule has 6 heteroatoms. The molecule has 2 amide bonds. The van der Waals surface area contributed by atoms with Gasteiger partial charge in [0.25, 0.3) is 0 Å². The van der Waals surface area contributed by atoms with Crippen LogP contribution in [0.3, 0.4) is 0 Å². The van der Waals surface area contributed by atoms with Crippen LogP contribution in [0.4, 0.5) is 10.5 Å². The molecule has 0 fully saturated rings. The summed E-state index contributed by atoms with van der Waals surface area (Å²) >= 11 is 0. The topological polar surface area (TPSA) is 60.8 Å². The molecule has 0 saturated carbocycles. The molecule has 114 valence electrons. The lowest BCUT2D eigenvalue weighted by Crippen LogP contribution is -2.46. The summed E-state index contributed by atoms with van der Waals surface area (Å²) < 4.78 is 0. The Kier molecular flexibility index (Phi) is 3.27. The van der Waals surface area contributed by atoms with Gasteiger partial charge in [-0.25, -0.2) is 4.79 Å². The highest BCUT2D eigenvalue weighted by atomic mass is 16.2. The van der Waals surface area contributed by atoms with Gasteiger partial charge in [0.05, 0.1) is 5.69 Å². The minimum absolute atomic E-state index is 0.0414. The van der Waals surface area contributed by atoms with Crippen LogP contribution in [0.5, 0.6) is 0 Å². The number of fused-ring (bicyclic) bond motifs is 3. The zero-order valence-corrected chi connectivity index (χ0v) is 12.3. The Hall–Kier alpha value is -3.15. The van der Waals surface area contributed by atoms with Gasteiger partial charge in [-0.1, -0.05) is 30.3 Å². The molecule has 1 aromatic heterocycles. The molecule has 6 nitrogen and oxygen atoms in total. The number of carbonyl (C=O) groups is 1. The average Bonchev–Trinajstić information content (AvgIpc) is 2.95. The van der Waals surface area contributed by atoms with E-state index in [1.54, 1.807) is 28.7 Å². The van der Waals surface area contributed by atoms with Crippen LogP contribution in [0.1, 0.15) is 17.2 Å². The van der Waals surface area contributed by atoms with Crippen LogP contribution in [-0.4, -0.2) is 22.3 Å². The van der Waals surface area contributed by atoms with Gasteiger partial charge in [0.1, 0.15) is 6.04 Å². The number of carbonyl (C=O) groups excluding carboxylic acids is 1. The van der Waals surface area contributed by atoms with E-state index in [9.17, 15) is 4.79 Å². The molecule has 0 saturated heterocycles. The molecule has 4 rings (SSSR count). The van der Waals surface area contributed by atoms with Crippen molar-refractivity contribution in [1.82, 2.24) is 15.4 Å². The lowest BCUT2D eigenvalue weighted by molar-refractivity contribution is 0.206. The fourth-order valence-electron chi connectivity index (χ4n) is 2.81. The van der Waals surface area contributed by atoms with Gasteiger partial charge in [0.2, 0.25) is 0 Å². The fraction of sp³-hybridized carbons (Fsp3) is 0.118. The predicted molar refractivity (Wildman–Crippen MR) is 87.6 cm³/mol. The first-order valence-electron chi connectivity index (χ1n) is 7.40. The Morgan fingerprint density at radius 2 is 2.13 bits per heavy atom. The maximum atomic E-state index is 12.7. The van der Waals surface area contributed by atoms with E-state index in [0.29, 0.717) is 6.54 Å². The van der Waals surface area contributed by atoms with Gasteiger partial charge < -0.3 is 5.32 Å². The lowest BCUT2D eigenvalue weighted by atomic mass is 10.1. The van der Waals surface area contributed by atoms with Crippen LogP contribution in [0.2, 0.25) is 0 Å². The summed E-state index contributed by atoms with van der Waals surface area (Å²) in [6, 6.07) is 11.4. The van der Waals surface area contributed by atoms with Gasteiger partial charge in [0, 0.05) is 30.7 Å². The molecule has 0 radical (unpaired) electrons. The number of hydrogen-bond donors (Lipinski definition) is 1. The first-order chi connectivity index (χ1) is 11.3. The van der Waals surface area contributed by atoms with E-state index in [-0.39, 0.29) is 12.1 Å². The molecule has 2 aliphatic rings. The Morgan fingerprint density at radius 1 is 1.22 bits per heavy atom. The van der Waals surface area contributed by atoms with E-state index in [1.165, 1.54) is 0 Å². The number of rotatable bonds is 2. The number of hydrazone groups is 1. The summed E-state index contributed by atoms with van der Waals surface area (Å²) in [4.78, 5) is 16.7. The van der Waals surface area contributed by atoms with Crippen LogP contribution < -0.4 is 10.3 Å². The fourth-order valence-corrected chi connectivity index (χ4v) is 2.81. The molecule has 1 N–H and O–H groups in total. The van der Waals surface area contributed by atoms with E-state index in [4.69, 9.17) is 0 Å². The van der Waals surface area contributed by atoms with Crippen molar-refractivity contribution in [2.75, 3.05) is 5.01 Å². The molecule has 0 aliphatic carbocycles. The Morgan fingerprint density at radius 3 is 3.00 bits per heavy atom. The summed E-state index contributed by atoms with van der Waals surface area (Å²) in [7, 11) is 0. The van der Waals surface area contributed by atoms with Crippen molar-refractivity contribution in [2.45, 2.75) is 12.6 Å². The Labute approximate surface area is 133 Å². The van der Waals surface area contributed by atoms with Crippen LogP contribution >= 0.6 is 0 Å². The predicted octanol–water partition coefficient (Wildman–Crippen LogP) is 2.63. The van der Waals surface area contributed by atoms with Crippen molar-refractivity contribution in [3.63, 3.8) is 0 Å². The van der Waals surface area contributed by atoms with Gasteiger partial charge in [0.15, 0.2) is 0 Å². The molecular weight excluding hydrogens is 290 g/mol. The number of allylic oxidation sites excluding steroid dienone is 1. The van der Waals surface area contributed by atoms with Crippen molar-refractivity contribution in [2.24, 2.45) is 5.10 Å². The quantitative estimate of drug-likeness (QED) is 0.928. The number of amides is 2. The highest BCUT2D eigenvalue weighted by Gasteiger charge is 2.38. The number of hydrogen-bond acceptors (Lipinski definition) is 4. The molecule has 23 heavy (non-hydrogen) atoms. The van der Waals surface area contributed by atoms with Gasteiger partial charge in [-0.15, -0.1) is 0 Å². The number of para-hydroxylation sites is 1.